The molecule has 1 aromatic heterocycles. The Kier molecular flexibility index (Phi) is 6.06. The molecule has 4 heteroatoms. The zero-order valence-electron chi connectivity index (χ0n) is 14.3. The molecular formula is C16H32N4. The van der Waals surface area contributed by atoms with E-state index in [-0.39, 0.29) is 6.04 Å². The number of nitrogens with zero attached hydrogens (tertiary/aromatic N) is 3. The van der Waals surface area contributed by atoms with E-state index in [4.69, 9.17) is 5.73 Å². The monoisotopic (exact) mass is 280 g/mol. The fraction of sp³-hybridized carbons (Fsp3) is 0.812. The highest BCUT2D eigenvalue weighted by Gasteiger charge is 2.23. The van der Waals surface area contributed by atoms with Gasteiger partial charge in [-0.2, -0.15) is 5.10 Å². The van der Waals surface area contributed by atoms with Gasteiger partial charge in [-0.25, -0.2) is 0 Å². The van der Waals surface area contributed by atoms with Crippen LogP contribution in [0.2, 0.25) is 0 Å². The summed E-state index contributed by atoms with van der Waals surface area (Å²) in [4.78, 5) is 2.46. The van der Waals surface area contributed by atoms with Gasteiger partial charge in [0.2, 0.25) is 0 Å². The minimum Gasteiger partial charge on any atom is -0.354 e. The van der Waals surface area contributed by atoms with Crippen molar-refractivity contribution in [2.45, 2.75) is 66.5 Å². The molecule has 1 atom stereocenters. The molecule has 1 heterocycles. The van der Waals surface area contributed by atoms with Crippen molar-refractivity contribution in [1.82, 2.24) is 9.78 Å². The molecule has 116 valence electrons. The summed E-state index contributed by atoms with van der Waals surface area (Å²) in [6.45, 7) is 14.3. The Labute approximate surface area is 124 Å². The summed E-state index contributed by atoms with van der Waals surface area (Å²) in [6.07, 6.45) is 1.91. The first-order valence-corrected chi connectivity index (χ1v) is 7.82. The van der Waals surface area contributed by atoms with Gasteiger partial charge in [0.1, 0.15) is 5.82 Å². The number of anilines is 1. The Morgan fingerprint density at radius 2 is 1.85 bits per heavy atom. The zero-order chi connectivity index (χ0) is 15.4. The van der Waals surface area contributed by atoms with E-state index in [2.05, 4.69) is 51.5 Å². The van der Waals surface area contributed by atoms with Crippen LogP contribution in [-0.2, 0) is 13.5 Å². The van der Waals surface area contributed by atoms with E-state index in [1.807, 2.05) is 11.7 Å². The van der Waals surface area contributed by atoms with Crippen LogP contribution in [0.5, 0.6) is 0 Å². The molecule has 0 saturated heterocycles. The molecule has 0 saturated carbocycles. The van der Waals surface area contributed by atoms with Crippen LogP contribution in [0.3, 0.4) is 0 Å². The molecule has 4 nitrogen and oxygen atoms in total. The first-order valence-electron chi connectivity index (χ1n) is 7.82. The Morgan fingerprint density at radius 3 is 2.30 bits per heavy atom. The SMILES string of the molecule is CCC(N)Cc1c(C)nn(C)c1N(CC(C)C)C(C)C. The fourth-order valence-corrected chi connectivity index (χ4v) is 2.63. The quantitative estimate of drug-likeness (QED) is 0.835. The standard InChI is InChI=1S/C16H32N4/c1-8-14(17)9-15-13(6)18-19(7)16(15)20(12(4)5)10-11(2)3/h11-12,14H,8-10,17H2,1-7H3. The van der Waals surface area contributed by atoms with E-state index in [0.29, 0.717) is 12.0 Å². The Morgan fingerprint density at radius 1 is 1.25 bits per heavy atom. The molecule has 0 aromatic carbocycles. The fourth-order valence-electron chi connectivity index (χ4n) is 2.63. The molecule has 0 spiro atoms. The first kappa shape index (κ1) is 17.0. The minimum atomic E-state index is 0.213. The van der Waals surface area contributed by atoms with Crippen LogP contribution in [0.4, 0.5) is 5.82 Å². The van der Waals surface area contributed by atoms with E-state index in [1.54, 1.807) is 0 Å². The normalized spacial score (nSPS) is 13.3. The molecule has 1 rings (SSSR count). The highest BCUT2D eigenvalue weighted by atomic mass is 15.4. The lowest BCUT2D eigenvalue weighted by Crippen LogP contribution is -2.36. The molecule has 0 bridgehead atoms. The Bertz CT molecular complexity index is 420. The van der Waals surface area contributed by atoms with Gasteiger partial charge >= 0.3 is 0 Å². The van der Waals surface area contributed by atoms with Gasteiger partial charge in [-0.3, -0.25) is 4.68 Å². The number of aromatic nitrogens is 2. The van der Waals surface area contributed by atoms with Gasteiger partial charge in [-0.15, -0.1) is 0 Å². The van der Waals surface area contributed by atoms with Crippen molar-refractivity contribution in [3.8, 4) is 0 Å². The van der Waals surface area contributed by atoms with Gasteiger partial charge in [0.25, 0.3) is 0 Å². The van der Waals surface area contributed by atoms with E-state index < -0.39 is 0 Å². The van der Waals surface area contributed by atoms with Gasteiger partial charge in [0.05, 0.1) is 5.69 Å². The topological polar surface area (TPSA) is 47.1 Å². The second-order valence-corrected chi connectivity index (χ2v) is 6.52. The summed E-state index contributed by atoms with van der Waals surface area (Å²) in [5.74, 6) is 1.87. The van der Waals surface area contributed by atoms with Crippen LogP contribution in [0.15, 0.2) is 0 Å². The molecular weight excluding hydrogens is 248 g/mol. The van der Waals surface area contributed by atoms with Crippen LogP contribution in [0, 0.1) is 12.8 Å². The summed E-state index contributed by atoms with van der Waals surface area (Å²) in [5.41, 5.74) is 8.60. The molecule has 1 unspecified atom stereocenters. The molecule has 20 heavy (non-hydrogen) atoms. The van der Waals surface area contributed by atoms with Crippen LogP contribution < -0.4 is 10.6 Å². The smallest absolute Gasteiger partial charge is 0.130 e. The number of aryl methyl sites for hydroxylation is 2. The average molecular weight is 280 g/mol. The molecule has 2 N–H and O–H groups in total. The minimum absolute atomic E-state index is 0.213. The molecule has 1 aromatic rings. The third-order valence-corrected chi connectivity index (χ3v) is 3.76. The lowest BCUT2D eigenvalue weighted by molar-refractivity contribution is 0.549. The number of hydrogen-bond donors (Lipinski definition) is 1. The summed E-state index contributed by atoms with van der Waals surface area (Å²) in [5, 5.41) is 4.63. The van der Waals surface area contributed by atoms with E-state index in [1.165, 1.54) is 11.4 Å². The van der Waals surface area contributed by atoms with Crippen LogP contribution in [0.25, 0.3) is 0 Å². The third-order valence-electron chi connectivity index (χ3n) is 3.76. The van der Waals surface area contributed by atoms with Crippen molar-refractivity contribution in [3.05, 3.63) is 11.3 Å². The molecule has 0 fully saturated rings. The van der Waals surface area contributed by atoms with Gasteiger partial charge in [-0.1, -0.05) is 20.8 Å². The predicted octanol–water partition coefficient (Wildman–Crippen LogP) is 2.88. The molecule has 0 aliphatic rings. The lowest BCUT2D eigenvalue weighted by atomic mass is 10.0. The molecule has 0 amide bonds. The van der Waals surface area contributed by atoms with Gasteiger partial charge < -0.3 is 10.6 Å². The zero-order valence-corrected chi connectivity index (χ0v) is 14.3. The van der Waals surface area contributed by atoms with Crippen LogP contribution >= 0.6 is 0 Å². The molecule has 0 aliphatic heterocycles. The largest absolute Gasteiger partial charge is 0.354 e. The second-order valence-electron chi connectivity index (χ2n) is 6.52. The van der Waals surface area contributed by atoms with Crippen molar-refractivity contribution >= 4 is 5.82 Å². The number of nitrogens with two attached hydrogens (primary N) is 1. The number of hydrogen-bond acceptors (Lipinski definition) is 3. The second kappa shape index (κ2) is 7.11. The van der Waals surface area contributed by atoms with Crippen molar-refractivity contribution in [1.29, 1.82) is 0 Å². The molecule has 0 aliphatic carbocycles. The van der Waals surface area contributed by atoms with E-state index >= 15 is 0 Å². The Balaban J connectivity index is 3.19. The van der Waals surface area contributed by atoms with Crippen LogP contribution in [0.1, 0.15) is 52.3 Å². The predicted molar refractivity (Wildman–Crippen MR) is 87.2 cm³/mol. The first-order chi connectivity index (χ1) is 9.27. The van der Waals surface area contributed by atoms with Gasteiger partial charge in [0.15, 0.2) is 0 Å². The maximum atomic E-state index is 6.17. The van der Waals surface area contributed by atoms with Crippen LogP contribution in [-0.4, -0.2) is 28.4 Å². The highest BCUT2D eigenvalue weighted by molar-refractivity contribution is 5.51. The maximum Gasteiger partial charge on any atom is 0.130 e. The van der Waals surface area contributed by atoms with Crippen molar-refractivity contribution in [2.75, 3.05) is 11.4 Å². The van der Waals surface area contributed by atoms with Gasteiger partial charge in [-0.05, 0) is 39.5 Å². The highest BCUT2D eigenvalue weighted by Crippen LogP contribution is 2.27. The third kappa shape index (κ3) is 3.98. The molecule has 0 radical (unpaired) electrons. The summed E-state index contributed by atoms with van der Waals surface area (Å²) in [6, 6.07) is 0.675. The summed E-state index contributed by atoms with van der Waals surface area (Å²) >= 11 is 0. The van der Waals surface area contributed by atoms with Crippen molar-refractivity contribution < 1.29 is 0 Å². The van der Waals surface area contributed by atoms with Crippen molar-refractivity contribution in [2.24, 2.45) is 18.7 Å². The Hall–Kier alpha value is -1.03. The summed E-state index contributed by atoms with van der Waals surface area (Å²) in [7, 11) is 2.04. The lowest BCUT2D eigenvalue weighted by Gasteiger charge is -2.32. The average Bonchev–Trinajstić information content (AvgIpc) is 2.61. The number of rotatable bonds is 7. The summed E-state index contributed by atoms with van der Waals surface area (Å²) < 4.78 is 2.02. The van der Waals surface area contributed by atoms with Gasteiger partial charge in [0, 0.05) is 31.2 Å². The maximum absolute atomic E-state index is 6.17. The van der Waals surface area contributed by atoms with E-state index in [0.717, 1.165) is 25.1 Å². The van der Waals surface area contributed by atoms with E-state index in [9.17, 15) is 0 Å². The van der Waals surface area contributed by atoms with Crippen molar-refractivity contribution in [3.63, 3.8) is 0 Å².